The Labute approximate surface area is 81.4 Å². The van der Waals surface area contributed by atoms with Gasteiger partial charge < -0.3 is 10.8 Å². The van der Waals surface area contributed by atoms with Gasteiger partial charge in [-0.3, -0.25) is 0 Å². The van der Waals surface area contributed by atoms with Crippen LogP contribution in [0, 0.1) is 17.6 Å². The van der Waals surface area contributed by atoms with Crippen LogP contribution in [0.4, 0.5) is 8.78 Å². The highest BCUT2D eigenvalue weighted by Gasteiger charge is 2.16. The quantitative estimate of drug-likeness (QED) is 0.771. The van der Waals surface area contributed by atoms with Crippen molar-refractivity contribution in [2.45, 2.75) is 19.9 Å². The molecule has 0 spiro atoms. The van der Waals surface area contributed by atoms with E-state index in [0.29, 0.717) is 5.56 Å². The molecule has 0 unspecified atom stereocenters. The predicted molar refractivity (Wildman–Crippen MR) is 49.8 cm³/mol. The van der Waals surface area contributed by atoms with Gasteiger partial charge in [0, 0.05) is 6.04 Å². The smallest absolute Gasteiger partial charge is 0.187 e. The largest absolute Gasteiger partial charge is 0.503 e. The summed E-state index contributed by atoms with van der Waals surface area (Å²) in [5.74, 6) is -2.82. The minimum absolute atomic E-state index is 0.0818. The molecular weight excluding hydrogens is 188 g/mol. The normalized spacial score (nSPS) is 13.3. The van der Waals surface area contributed by atoms with Gasteiger partial charge in [0.1, 0.15) is 0 Å². The fraction of sp³-hybridized carbons (Fsp3) is 0.400. The van der Waals surface area contributed by atoms with E-state index in [1.54, 1.807) is 0 Å². The van der Waals surface area contributed by atoms with Gasteiger partial charge in [0.25, 0.3) is 0 Å². The van der Waals surface area contributed by atoms with E-state index >= 15 is 0 Å². The summed E-state index contributed by atoms with van der Waals surface area (Å²) in [6, 6.07) is 1.69. The van der Waals surface area contributed by atoms with Crippen LogP contribution in [-0.4, -0.2) is 5.11 Å². The molecule has 0 amide bonds. The van der Waals surface area contributed by atoms with Gasteiger partial charge in [0.15, 0.2) is 17.4 Å². The molecule has 0 aliphatic carbocycles. The second-order valence-corrected chi connectivity index (χ2v) is 3.60. The van der Waals surface area contributed by atoms with Crippen LogP contribution in [0.5, 0.6) is 5.75 Å². The van der Waals surface area contributed by atoms with Crippen molar-refractivity contribution in [3.8, 4) is 5.75 Å². The van der Waals surface area contributed by atoms with Crippen LogP contribution in [0.1, 0.15) is 25.5 Å². The van der Waals surface area contributed by atoms with E-state index in [2.05, 4.69) is 0 Å². The number of hydrogen-bond donors (Lipinski definition) is 2. The molecule has 1 rings (SSSR count). The number of halogens is 2. The zero-order chi connectivity index (χ0) is 10.9. The Morgan fingerprint density at radius 2 is 1.64 bits per heavy atom. The van der Waals surface area contributed by atoms with Gasteiger partial charge in [0.2, 0.25) is 0 Å². The van der Waals surface area contributed by atoms with Gasteiger partial charge in [-0.2, -0.15) is 0 Å². The lowest BCUT2D eigenvalue weighted by molar-refractivity contribution is 0.392. The van der Waals surface area contributed by atoms with E-state index in [4.69, 9.17) is 10.8 Å². The van der Waals surface area contributed by atoms with Crippen molar-refractivity contribution in [1.29, 1.82) is 0 Å². The van der Waals surface area contributed by atoms with Gasteiger partial charge in [-0.05, 0) is 23.6 Å². The third kappa shape index (κ3) is 2.01. The van der Waals surface area contributed by atoms with Crippen LogP contribution in [0.3, 0.4) is 0 Å². The maximum atomic E-state index is 12.9. The Bertz CT molecular complexity index is 316. The lowest BCUT2D eigenvalue weighted by Gasteiger charge is -2.16. The topological polar surface area (TPSA) is 46.2 Å². The Morgan fingerprint density at radius 1 is 1.21 bits per heavy atom. The average molecular weight is 201 g/mol. The Kier molecular flexibility index (Phi) is 3.06. The van der Waals surface area contributed by atoms with Crippen LogP contribution in [0.2, 0.25) is 0 Å². The molecule has 14 heavy (non-hydrogen) atoms. The summed E-state index contributed by atoms with van der Waals surface area (Å²) in [6.07, 6.45) is 0. The first kappa shape index (κ1) is 10.9. The van der Waals surface area contributed by atoms with Crippen LogP contribution < -0.4 is 5.73 Å². The van der Waals surface area contributed by atoms with Gasteiger partial charge in [-0.1, -0.05) is 13.8 Å². The van der Waals surface area contributed by atoms with Crippen molar-refractivity contribution in [2.24, 2.45) is 11.7 Å². The van der Waals surface area contributed by atoms with Crippen molar-refractivity contribution < 1.29 is 13.9 Å². The molecule has 0 saturated carbocycles. The lowest BCUT2D eigenvalue weighted by Crippen LogP contribution is -2.17. The minimum atomic E-state index is -0.976. The van der Waals surface area contributed by atoms with Gasteiger partial charge in [0.05, 0.1) is 0 Å². The summed E-state index contributed by atoms with van der Waals surface area (Å²) in [5.41, 5.74) is 6.07. The standard InChI is InChI=1S/C10H13F2NO/c1-5(2)9(13)6-3-7(11)10(14)8(12)4-6/h3-5,9,14H,13H2,1-2H3/t9-/m0/s1. The molecule has 4 heteroatoms. The molecule has 0 fully saturated rings. The first-order chi connectivity index (χ1) is 6.43. The number of nitrogens with two attached hydrogens (primary N) is 1. The van der Waals surface area contributed by atoms with Crippen LogP contribution >= 0.6 is 0 Å². The highest BCUT2D eigenvalue weighted by Crippen LogP contribution is 2.26. The van der Waals surface area contributed by atoms with E-state index in [1.807, 2.05) is 13.8 Å². The summed E-state index contributed by atoms with van der Waals surface area (Å²) >= 11 is 0. The minimum Gasteiger partial charge on any atom is -0.503 e. The van der Waals surface area contributed by atoms with E-state index in [0.717, 1.165) is 12.1 Å². The highest BCUT2D eigenvalue weighted by atomic mass is 19.1. The lowest BCUT2D eigenvalue weighted by atomic mass is 9.97. The van der Waals surface area contributed by atoms with Crippen LogP contribution in [-0.2, 0) is 0 Å². The first-order valence-corrected chi connectivity index (χ1v) is 4.37. The summed E-state index contributed by atoms with van der Waals surface area (Å²) in [7, 11) is 0. The number of benzene rings is 1. The monoisotopic (exact) mass is 201 g/mol. The van der Waals surface area contributed by atoms with Gasteiger partial charge in [-0.25, -0.2) is 8.78 Å². The van der Waals surface area contributed by atoms with E-state index in [9.17, 15) is 8.78 Å². The summed E-state index contributed by atoms with van der Waals surface area (Å²) < 4.78 is 25.8. The molecule has 0 aliphatic rings. The Morgan fingerprint density at radius 3 is 2.00 bits per heavy atom. The second-order valence-electron chi connectivity index (χ2n) is 3.60. The first-order valence-electron chi connectivity index (χ1n) is 4.37. The number of rotatable bonds is 2. The number of phenols is 1. The number of phenolic OH excluding ortho intramolecular Hbond substituents is 1. The molecule has 0 saturated heterocycles. The maximum Gasteiger partial charge on any atom is 0.187 e. The molecule has 0 aliphatic heterocycles. The molecule has 0 heterocycles. The summed E-state index contributed by atoms with van der Waals surface area (Å²) in [5, 5.41) is 8.86. The van der Waals surface area contributed by atoms with Crippen LogP contribution in [0.25, 0.3) is 0 Å². The molecule has 1 aromatic carbocycles. The maximum absolute atomic E-state index is 12.9. The van der Waals surface area contributed by atoms with Crippen molar-refractivity contribution in [2.75, 3.05) is 0 Å². The SMILES string of the molecule is CC(C)[C@H](N)c1cc(F)c(O)c(F)c1. The number of hydrogen-bond acceptors (Lipinski definition) is 2. The van der Waals surface area contributed by atoms with Crippen molar-refractivity contribution in [3.63, 3.8) is 0 Å². The zero-order valence-corrected chi connectivity index (χ0v) is 8.09. The van der Waals surface area contributed by atoms with Crippen molar-refractivity contribution in [1.82, 2.24) is 0 Å². The van der Waals surface area contributed by atoms with Crippen molar-refractivity contribution in [3.05, 3.63) is 29.3 Å². The summed E-state index contributed by atoms with van der Waals surface area (Å²) in [6.45, 7) is 3.71. The van der Waals surface area contributed by atoms with E-state index in [1.165, 1.54) is 0 Å². The van der Waals surface area contributed by atoms with Gasteiger partial charge >= 0.3 is 0 Å². The third-order valence-corrected chi connectivity index (χ3v) is 2.14. The fourth-order valence-electron chi connectivity index (χ4n) is 1.16. The molecule has 1 aromatic rings. The molecule has 78 valence electrons. The van der Waals surface area contributed by atoms with E-state index < -0.39 is 23.4 Å². The third-order valence-electron chi connectivity index (χ3n) is 2.14. The van der Waals surface area contributed by atoms with Gasteiger partial charge in [-0.15, -0.1) is 0 Å². The zero-order valence-electron chi connectivity index (χ0n) is 8.09. The second kappa shape index (κ2) is 3.92. The highest BCUT2D eigenvalue weighted by molar-refractivity contribution is 5.31. The molecule has 0 aromatic heterocycles. The van der Waals surface area contributed by atoms with E-state index in [-0.39, 0.29) is 5.92 Å². The molecule has 3 N–H and O–H groups in total. The number of aromatic hydroxyl groups is 1. The average Bonchev–Trinajstić information content (AvgIpc) is 2.12. The molecule has 2 nitrogen and oxygen atoms in total. The molecule has 1 atom stereocenters. The van der Waals surface area contributed by atoms with Crippen molar-refractivity contribution >= 4 is 0 Å². The Balaban J connectivity index is 3.12. The molecular formula is C10H13F2NO. The predicted octanol–water partition coefficient (Wildman–Crippen LogP) is 2.33. The Hall–Kier alpha value is -1.16. The summed E-state index contributed by atoms with van der Waals surface area (Å²) in [4.78, 5) is 0. The molecule has 0 bridgehead atoms. The molecule has 0 radical (unpaired) electrons. The van der Waals surface area contributed by atoms with Crippen LogP contribution in [0.15, 0.2) is 12.1 Å². The fourth-order valence-corrected chi connectivity index (χ4v) is 1.16.